The summed E-state index contributed by atoms with van der Waals surface area (Å²) < 4.78 is 26.5. The monoisotopic (exact) mass is 300 g/mol. The number of hydrogen-bond acceptors (Lipinski definition) is 4. The molecule has 0 atom stereocenters. The molecule has 1 saturated carbocycles. The van der Waals surface area contributed by atoms with Crippen LogP contribution in [0.15, 0.2) is 23.1 Å². The van der Waals surface area contributed by atoms with Gasteiger partial charge >= 0.3 is 0 Å². The van der Waals surface area contributed by atoms with Crippen LogP contribution in [0.3, 0.4) is 0 Å². The molecule has 0 spiro atoms. The number of sulfonamides is 1. The normalized spacial score (nSPS) is 17.5. The molecule has 0 amide bonds. The summed E-state index contributed by atoms with van der Waals surface area (Å²) >= 11 is 5.72. The molecule has 1 aliphatic rings. The largest absolute Gasteiger partial charge is 0.389 e. The van der Waals surface area contributed by atoms with Crippen LogP contribution < -0.4 is 4.72 Å². The smallest absolute Gasteiger partial charge is 0.241 e. The predicted molar refractivity (Wildman–Crippen MR) is 70.2 cm³/mol. The number of aliphatic hydroxyl groups is 1. The molecule has 1 aromatic carbocycles. The Bertz CT molecular complexity index is 633. The third-order valence-electron chi connectivity index (χ3n) is 3.23. The fraction of sp³-hybridized carbons (Fsp3) is 0.417. The van der Waals surface area contributed by atoms with E-state index in [1.165, 1.54) is 18.2 Å². The molecule has 0 unspecified atom stereocenters. The van der Waals surface area contributed by atoms with Gasteiger partial charge < -0.3 is 5.11 Å². The van der Waals surface area contributed by atoms with Gasteiger partial charge in [-0.05, 0) is 37.5 Å². The van der Waals surface area contributed by atoms with E-state index in [0.717, 1.165) is 6.42 Å². The van der Waals surface area contributed by atoms with Crippen molar-refractivity contribution in [1.82, 2.24) is 4.72 Å². The average molecular weight is 301 g/mol. The fourth-order valence-corrected chi connectivity index (χ4v) is 3.32. The number of rotatable bonds is 4. The Morgan fingerprint density at radius 2 is 2.16 bits per heavy atom. The lowest BCUT2D eigenvalue weighted by atomic mass is 9.81. The highest BCUT2D eigenvalue weighted by molar-refractivity contribution is 7.89. The zero-order valence-corrected chi connectivity index (χ0v) is 11.6. The van der Waals surface area contributed by atoms with Crippen LogP contribution in [0.2, 0.25) is 5.02 Å². The average Bonchev–Trinajstić information content (AvgIpc) is 2.33. The first kappa shape index (κ1) is 14.3. The van der Waals surface area contributed by atoms with Crippen molar-refractivity contribution in [3.8, 4) is 6.07 Å². The van der Waals surface area contributed by atoms with Crippen molar-refractivity contribution in [1.29, 1.82) is 5.26 Å². The lowest BCUT2D eigenvalue weighted by Gasteiger charge is -2.36. The molecule has 0 aromatic heterocycles. The van der Waals surface area contributed by atoms with Gasteiger partial charge in [-0.15, -0.1) is 0 Å². The van der Waals surface area contributed by atoms with Crippen molar-refractivity contribution in [2.45, 2.75) is 29.8 Å². The Hall–Kier alpha value is -1.13. The van der Waals surface area contributed by atoms with Crippen molar-refractivity contribution in [3.63, 3.8) is 0 Å². The molecule has 0 radical (unpaired) electrons. The highest BCUT2D eigenvalue weighted by Gasteiger charge is 2.35. The van der Waals surface area contributed by atoms with Crippen LogP contribution in [0.1, 0.15) is 24.8 Å². The Labute approximate surface area is 116 Å². The predicted octanol–water partition coefficient (Wildman–Crippen LogP) is 1.40. The van der Waals surface area contributed by atoms with Crippen LogP contribution in [0.4, 0.5) is 0 Å². The number of nitriles is 1. The number of hydrogen-bond donors (Lipinski definition) is 2. The molecule has 1 aliphatic carbocycles. The second-order valence-corrected chi connectivity index (χ2v) is 6.83. The molecule has 0 saturated heterocycles. The quantitative estimate of drug-likeness (QED) is 0.879. The zero-order valence-electron chi connectivity index (χ0n) is 10.1. The minimum absolute atomic E-state index is 0.0133. The third-order valence-corrected chi connectivity index (χ3v) is 4.92. The summed E-state index contributed by atoms with van der Waals surface area (Å²) in [6, 6.07) is 5.80. The van der Waals surface area contributed by atoms with E-state index in [4.69, 9.17) is 16.9 Å². The van der Waals surface area contributed by atoms with Crippen molar-refractivity contribution < 1.29 is 13.5 Å². The van der Waals surface area contributed by atoms with Gasteiger partial charge in [-0.25, -0.2) is 13.1 Å². The first-order valence-corrected chi connectivity index (χ1v) is 7.64. The molecule has 0 aliphatic heterocycles. The fourth-order valence-electron chi connectivity index (χ4n) is 1.89. The Kier molecular flexibility index (Phi) is 3.83. The van der Waals surface area contributed by atoms with Gasteiger partial charge in [-0.3, -0.25) is 0 Å². The van der Waals surface area contributed by atoms with Gasteiger partial charge in [0.2, 0.25) is 10.0 Å². The van der Waals surface area contributed by atoms with Gasteiger partial charge in [0, 0.05) is 11.6 Å². The topological polar surface area (TPSA) is 90.2 Å². The summed E-state index contributed by atoms with van der Waals surface area (Å²) in [7, 11) is -3.82. The molecule has 19 heavy (non-hydrogen) atoms. The molecule has 5 nitrogen and oxygen atoms in total. The maximum atomic E-state index is 12.1. The summed E-state index contributed by atoms with van der Waals surface area (Å²) in [5.41, 5.74) is -0.965. The SMILES string of the molecule is N#Cc1cc(Cl)ccc1S(=O)(=O)NCC1(O)CCC1. The lowest BCUT2D eigenvalue weighted by molar-refractivity contribution is -0.0270. The van der Waals surface area contributed by atoms with E-state index in [1.54, 1.807) is 6.07 Å². The number of benzene rings is 1. The lowest BCUT2D eigenvalue weighted by Crippen LogP contribution is -2.47. The Morgan fingerprint density at radius 3 is 2.68 bits per heavy atom. The standard InChI is InChI=1S/C12H13ClN2O3S/c13-10-2-3-11(9(6-10)7-14)19(17,18)15-8-12(16)4-1-5-12/h2-3,6,15-16H,1,4-5,8H2. The molecule has 0 heterocycles. The van der Waals surface area contributed by atoms with Crippen LogP contribution in [-0.4, -0.2) is 25.7 Å². The van der Waals surface area contributed by atoms with Crippen molar-refractivity contribution in [3.05, 3.63) is 28.8 Å². The second kappa shape index (κ2) is 5.10. The molecule has 2 N–H and O–H groups in total. The van der Waals surface area contributed by atoms with Gasteiger partial charge in [-0.1, -0.05) is 11.6 Å². The van der Waals surface area contributed by atoms with E-state index in [9.17, 15) is 13.5 Å². The Balaban J connectivity index is 2.22. The summed E-state index contributed by atoms with van der Waals surface area (Å²) in [6.07, 6.45) is 2.06. The third kappa shape index (κ3) is 3.07. The minimum Gasteiger partial charge on any atom is -0.389 e. The van der Waals surface area contributed by atoms with Crippen molar-refractivity contribution in [2.75, 3.05) is 6.54 Å². The minimum atomic E-state index is -3.82. The summed E-state index contributed by atoms with van der Waals surface area (Å²) in [4.78, 5) is -0.123. The van der Waals surface area contributed by atoms with E-state index < -0.39 is 15.6 Å². The molecule has 102 valence electrons. The molecule has 0 bridgehead atoms. The molecule has 1 aromatic rings. The Morgan fingerprint density at radius 1 is 1.47 bits per heavy atom. The molecule has 1 fully saturated rings. The molecular formula is C12H13ClN2O3S. The van der Waals surface area contributed by atoms with E-state index in [0.29, 0.717) is 17.9 Å². The molecular weight excluding hydrogens is 288 g/mol. The maximum Gasteiger partial charge on any atom is 0.241 e. The van der Waals surface area contributed by atoms with Crippen LogP contribution in [0.5, 0.6) is 0 Å². The van der Waals surface area contributed by atoms with Gasteiger partial charge in [0.15, 0.2) is 0 Å². The maximum absolute atomic E-state index is 12.1. The molecule has 7 heteroatoms. The van der Waals surface area contributed by atoms with Gasteiger partial charge in [-0.2, -0.15) is 5.26 Å². The highest BCUT2D eigenvalue weighted by Crippen LogP contribution is 2.31. The summed E-state index contributed by atoms with van der Waals surface area (Å²) in [5, 5.41) is 19.1. The molecule has 2 rings (SSSR count). The second-order valence-electron chi connectivity index (χ2n) is 4.65. The zero-order chi connectivity index (χ0) is 14.1. The van der Waals surface area contributed by atoms with Crippen LogP contribution >= 0.6 is 11.6 Å². The summed E-state index contributed by atoms with van der Waals surface area (Å²) in [5.74, 6) is 0. The number of nitrogens with zero attached hydrogens (tertiary/aromatic N) is 1. The van der Waals surface area contributed by atoms with Crippen molar-refractivity contribution >= 4 is 21.6 Å². The number of halogens is 1. The number of nitrogens with one attached hydrogen (secondary N) is 1. The first-order chi connectivity index (χ1) is 8.86. The van der Waals surface area contributed by atoms with Crippen molar-refractivity contribution in [2.24, 2.45) is 0 Å². The highest BCUT2D eigenvalue weighted by atomic mass is 35.5. The van der Waals surface area contributed by atoms with E-state index >= 15 is 0 Å². The van der Waals surface area contributed by atoms with Crippen LogP contribution in [0.25, 0.3) is 0 Å². The van der Waals surface area contributed by atoms with Gasteiger partial charge in [0.1, 0.15) is 6.07 Å². The van der Waals surface area contributed by atoms with E-state index in [2.05, 4.69) is 4.72 Å². The van der Waals surface area contributed by atoms with Crippen LogP contribution in [-0.2, 0) is 10.0 Å². The van der Waals surface area contributed by atoms with Gasteiger partial charge in [0.05, 0.1) is 16.1 Å². The van der Waals surface area contributed by atoms with Gasteiger partial charge in [0.25, 0.3) is 0 Å². The van der Waals surface area contributed by atoms with Crippen LogP contribution in [0, 0.1) is 11.3 Å². The first-order valence-electron chi connectivity index (χ1n) is 5.78. The summed E-state index contributed by atoms with van der Waals surface area (Å²) in [6.45, 7) is -0.0389. The van der Waals surface area contributed by atoms with E-state index in [-0.39, 0.29) is 17.0 Å². The van der Waals surface area contributed by atoms with E-state index in [1.807, 2.05) is 0 Å².